The summed E-state index contributed by atoms with van der Waals surface area (Å²) in [7, 11) is 4.69. The van der Waals surface area contributed by atoms with E-state index >= 15 is 0 Å². The Balaban J connectivity index is 1.77. The highest BCUT2D eigenvalue weighted by atomic mass is 32.1. The quantitative estimate of drug-likeness (QED) is 0.754. The number of piperidine rings is 1. The second-order valence-corrected chi connectivity index (χ2v) is 7.01. The number of rotatable bonds is 6. The van der Waals surface area contributed by atoms with Gasteiger partial charge in [0, 0.05) is 36.9 Å². The SMILES string of the molecule is COc1cc(-c2nc(CC(=O)N3CCC(=O)CC3)cs2)cc(OC)c1OC. The zero-order valence-corrected chi connectivity index (χ0v) is 16.4. The van der Waals surface area contributed by atoms with Gasteiger partial charge in [-0.25, -0.2) is 4.98 Å². The van der Waals surface area contributed by atoms with Crippen molar-refractivity contribution < 1.29 is 23.8 Å². The molecule has 7 nitrogen and oxygen atoms in total. The predicted molar refractivity (Wildman–Crippen MR) is 102 cm³/mol. The Morgan fingerprint density at radius 3 is 2.30 bits per heavy atom. The Hall–Kier alpha value is -2.61. The number of Topliss-reactive ketones (excluding diaryl/α,β-unsaturated/α-hetero) is 1. The molecule has 0 N–H and O–H groups in total. The van der Waals surface area contributed by atoms with E-state index in [9.17, 15) is 9.59 Å². The van der Waals surface area contributed by atoms with Crippen molar-refractivity contribution in [2.24, 2.45) is 0 Å². The van der Waals surface area contributed by atoms with Crippen LogP contribution in [0.1, 0.15) is 18.5 Å². The summed E-state index contributed by atoms with van der Waals surface area (Å²) in [6.07, 6.45) is 1.12. The number of hydrogen-bond acceptors (Lipinski definition) is 7. The summed E-state index contributed by atoms with van der Waals surface area (Å²) in [5.74, 6) is 1.85. The largest absolute Gasteiger partial charge is 0.493 e. The van der Waals surface area contributed by atoms with Gasteiger partial charge in [-0.3, -0.25) is 9.59 Å². The van der Waals surface area contributed by atoms with E-state index in [1.165, 1.54) is 11.3 Å². The molecule has 2 aromatic rings. The summed E-state index contributed by atoms with van der Waals surface area (Å²) >= 11 is 1.46. The van der Waals surface area contributed by atoms with Gasteiger partial charge in [0.2, 0.25) is 11.7 Å². The fourth-order valence-electron chi connectivity index (χ4n) is 3.00. The lowest BCUT2D eigenvalue weighted by atomic mass is 10.1. The van der Waals surface area contributed by atoms with Gasteiger partial charge in [0.1, 0.15) is 10.8 Å². The molecule has 0 atom stereocenters. The molecule has 0 unspecified atom stereocenters. The normalized spacial score (nSPS) is 14.2. The maximum absolute atomic E-state index is 12.4. The van der Waals surface area contributed by atoms with Crippen LogP contribution in [0.5, 0.6) is 17.2 Å². The number of likely N-dealkylation sites (tertiary alicyclic amines) is 1. The maximum Gasteiger partial charge on any atom is 0.228 e. The van der Waals surface area contributed by atoms with Crippen molar-refractivity contribution in [3.8, 4) is 27.8 Å². The average Bonchev–Trinajstić information content (AvgIpc) is 3.15. The number of benzene rings is 1. The minimum atomic E-state index is 0.00393. The van der Waals surface area contributed by atoms with Gasteiger partial charge in [-0.1, -0.05) is 0 Å². The molecule has 27 heavy (non-hydrogen) atoms. The smallest absolute Gasteiger partial charge is 0.228 e. The standard InChI is InChI=1S/C19H22N2O5S/c1-24-15-8-12(9-16(25-2)18(15)26-3)19-20-13(11-27-19)10-17(23)21-6-4-14(22)5-7-21/h8-9,11H,4-7,10H2,1-3H3. The maximum atomic E-state index is 12.4. The third-order valence-corrected chi connectivity index (χ3v) is 5.41. The van der Waals surface area contributed by atoms with E-state index in [0.717, 1.165) is 10.6 Å². The first-order chi connectivity index (χ1) is 13.0. The molecule has 1 amide bonds. The zero-order valence-electron chi connectivity index (χ0n) is 15.6. The van der Waals surface area contributed by atoms with Gasteiger partial charge in [-0.2, -0.15) is 0 Å². The number of methoxy groups -OCH3 is 3. The second-order valence-electron chi connectivity index (χ2n) is 6.15. The van der Waals surface area contributed by atoms with E-state index in [1.807, 2.05) is 17.5 Å². The van der Waals surface area contributed by atoms with Crippen molar-refractivity contribution in [3.63, 3.8) is 0 Å². The third-order valence-electron chi connectivity index (χ3n) is 4.47. The van der Waals surface area contributed by atoms with Gasteiger partial charge in [0.05, 0.1) is 33.4 Å². The van der Waals surface area contributed by atoms with E-state index in [4.69, 9.17) is 14.2 Å². The van der Waals surface area contributed by atoms with E-state index in [-0.39, 0.29) is 18.1 Å². The molecule has 2 heterocycles. The van der Waals surface area contributed by atoms with Crippen LogP contribution >= 0.6 is 11.3 Å². The van der Waals surface area contributed by atoms with Gasteiger partial charge in [-0.05, 0) is 12.1 Å². The molecule has 1 aliphatic heterocycles. The van der Waals surface area contributed by atoms with Crippen LogP contribution in [0.25, 0.3) is 10.6 Å². The average molecular weight is 390 g/mol. The van der Waals surface area contributed by atoms with Gasteiger partial charge < -0.3 is 19.1 Å². The fourth-order valence-corrected chi connectivity index (χ4v) is 3.81. The molecule has 1 aromatic heterocycles. The zero-order chi connectivity index (χ0) is 19.4. The molecule has 1 saturated heterocycles. The van der Waals surface area contributed by atoms with Crippen molar-refractivity contribution >= 4 is 23.0 Å². The highest BCUT2D eigenvalue weighted by Crippen LogP contribution is 2.41. The third kappa shape index (κ3) is 4.21. The molecule has 1 fully saturated rings. The van der Waals surface area contributed by atoms with Crippen molar-refractivity contribution in [1.82, 2.24) is 9.88 Å². The van der Waals surface area contributed by atoms with Crippen LogP contribution in [-0.4, -0.2) is 56.0 Å². The number of nitrogens with zero attached hydrogens (tertiary/aromatic N) is 2. The van der Waals surface area contributed by atoms with Crippen molar-refractivity contribution in [1.29, 1.82) is 0 Å². The fraction of sp³-hybridized carbons (Fsp3) is 0.421. The molecular formula is C19H22N2O5S. The van der Waals surface area contributed by atoms with Crippen LogP contribution in [0, 0.1) is 0 Å². The summed E-state index contributed by atoms with van der Waals surface area (Å²) < 4.78 is 16.1. The van der Waals surface area contributed by atoms with E-state index < -0.39 is 0 Å². The number of ketones is 1. The summed E-state index contributed by atoms with van der Waals surface area (Å²) in [5, 5.41) is 2.65. The van der Waals surface area contributed by atoms with Crippen LogP contribution < -0.4 is 14.2 Å². The van der Waals surface area contributed by atoms with Gasteiger partial charge in [0.25, 0.3) is 0 Å². The number of ether oxygens (including phenoxy) is 3. The molecule has 0 spiro atoms. The molecule has 0 aliphatic carbocycles. The number of aromatic nitrogens is 1. The topological polar surface area (TPSA) is 78.0 Å². The molecule has 0 saturated carbocycles. The Morgan fingerprint density at radius 1 is 1.11 bits per heavy atom. The predicted octanol–water partition coefficient (Wildman–Crippen LogP) is 2.57. The first kappa shape index (κ1) is 19.2. The minimum absolute atomic E-state index is 0.00393. The van der Waals surface area contributed by atoms with Gasteiger partial charge >= 0.3 is 0 Å². The molecule has 144 valence electrons. The Kier molecular flexibility index (Phi) is 5.95. The summed E-state index contributed by atoms with van der Waals surface area (Å²) in [6.45, 7) is 1.00. The Labute approximate surface area is 161 Å². The number of carbonyl (C=O) groups is 2. The summed E-state index contributed by atoms with van der Waals surface area (Å²) in [6, 6.07) is 3.67. The summed E-state index contributed by atoms with van der Waals surface area (Å²) in [5.41, 5.74) is 1.54. The minimum Gasteiger partial charge on any atom is -0.493 e. The van der Waals surface area contributed by atoms with E-state index in [2.05, 4.69) is 4.98 Å². The number of thiazole rings is 1. The number of carbonyl (C=O) groups excluding carboxylic acids is 2. The van der Waals surface area contributed by atoms with Crippen molar-refractivity contribution in [2.75, 3.05) is 34.4 Å². The van der Waals surface area contributed by atoms with Gasteiger partial charge in [0.15, 0.2) is 11.5 Å². The molecule has 1 aliphatic rings. The number of amides is 1. The lowest BCUT2D eigenvalue weighted by Crippen LogP contribution is -2.39. The molecule has 0 bridgehead atoms. The molecular weight excluding hydrogens is 368 g/mol. The molecule has 0 radical (unpaired) electrons. The lowest BCUT2D eigenvalue weighted by Gasteiger charge is -2.25. The first-order valence-corrected chi connectivity index (χ1v) is 9.48. The molecule has 1 aromatic carbocycles. The van der Waals surface area contributed by atoms with Crippen LogP contribution in [0.4, 0.5) is 0 Å². The lowest BCUT2D eigenvalue weighted by molar-refractivity contribution is -0.133. The monoisotopic (exact) mass is 390 g/mol. The van der Waals surface area contributed by atoms with E-state index in [1.54, 1.807) is 26.2 Å². The van der Waals surface area contributed by atoms with Gasteiger partial charge in [-0.15, -0.1) is 11.3 Å². The first-order valence-electron chi connectivity index (χ1n) is 8.60. The molecule has 3 rings (SSSR count). The van der Waals surface area contributed by atoms with Crippen molar-refractivity contribution in [2.45, 2.75) is 19.3 Å². The molecule has 8 heteroatoms. The van der Waals surface area contributed by atoms with Crippen molar-refractivity contribution in [3.05, 3.63) is 23.2 Å². The Bertz CT molecular complexity index is 813. The highest BCUT2D eigenvalue weighted by Gasteiger charge is 2.22. The van der Waals surface area contributed by atoms with Crippen LogP contribution in [0.15, 0.2) is 17.5 Å². The Morgan fingerprint density at radius 2 is 1.74 bits per heavy atom. The number of hydrogen-bond donors (Lipinski definition) is 0. The van der Waals surface area contributed by atoms with Crippen LogP contribution in [0.3, 0.4) is 0 Å². The van der Waals surface area contributed by atoms with Crippen LogP contribution in [-0.2, 0) is 16.0 Å². The summed E-state index contributed by atoms with van der Waals surface area (Å²) in [4.78, 5) is 30.1. The highest BCUT2D eigenvalue weighted by molar-refractivity contribution is 7.13. The van der Waals surface area contributed by atoms with E-state index in [0.29, 0.717) is 48.9 Å². The second kappa shape index (κ2) is 8.39. The van der Waals surface area contributed by atoms with Crippen LogP contribution in [0.2, 0.25) is 0 Å².